The molecule has 3 rings (SSSR count). The third kappa shape index (κ3) is 3.60. The van der Waals surface area contributed by atoms with Gasteiger partial charge in [-0.25, -0.2) is 0 Å². The summed E-state index contributed by atoms with van der Waals surface area (Å²) in [6.45, 7) is 3.89. The van der Waals surface area contributed by atoms with Crippen LogP contribution in [-0.4, -0.2) is 27.1 Å². The highest BCUT2D eigenvalue weighted by molar-refractivity contribution is 6.35. The summed E-state index contributed by atoms with van der Waals surface area (Å²) in [6.07, 6.45) is 2.17. The highest BCUT2D eigenvalue weighted by Gasteiger charge is 2.13. The third-order valence-electron chi connectivity index (χ3n) is 4.12. The molecular formula is C19H20ClN3O. The van der Waals surface area contributed by atoms with Gasteiger partial charge >= 0.3 is 0 Å². The fourth-order valence-corrected chi connectivity index (χ4v) is 3.00. The summed E-state index contributed by atoms with van der Waals surface area (Å²) < 4.78 is 1.84. The third-order valence-corrected chi connectivity index (χ3v) is 4.45. The fourth-order valence-electron chi connectivity index (χ4n) is 2.79. The summed E-state index contributed by atoms with van der Waals surface area (Å²) in [7, 11) is 0. The number of rotatable bonds is 6. The van der Waals surface area contributed by atoms with Crippen LogP contribution in [-0.2, 0) is 17.9 Å². The number of fused-ring (bicyclic) bond motifs is 1. The smallest absolute Gasteiger partial charge is 0.224 e. The van der Waals surface area contributed by atoms with E-state index in [-0.39, 0.29) is 5.91 Å². The molecule has 1 amide bonds. The van der Waals surface area contributed by atoms with Gasteiger partial charge in [0, 0.05) is 24.9 Å². The molecule has 124 valence electrons. The average molecular weight is 342 g/mol. The van der Waals surface area contributed by atoms with Crippen LogP contribution in [0.1, 0.15) is 18.9 Å². The molecule has 0 bridgehead atoms. The van der Waals surface area contributed by atoms with Gasteiger partial charge in [0.25, 0.3) is 0 Å². The largest absolute Gasteiger partial charge is 0.339 e. The van der Waals surface area contributed by atoms with Gasteiger partial charge < -0.3 is 4.90 Å². The summed E-state index contributed by atoms with van der Waals surface area (Å²) in [5.74, 6) is 0.132. The Labute approximate surface area is 146 Å². The van der Waals surface area contributed by atoms with E-state index in [4.69, 9.17) is 11.6 Å². The number of carbonyl (C=O) groups excluding carboxylic acids is 1. The van der Waals surface area contributed by atoms with Gasteiger partial charge in [-0.2, -0.15) is 5.10 Å². The van der Waals surface area contributed by atoms with E-state index in [1.165, 1.54) is 0 Å². The van der Waals surface area contributed by atoms with E-state index in [0.717, 1.165) is 16.5 Å². The predicted octanol–water partition coefficient (Wildman–Crippen LogP) is 4.13. The molecule has 3 aromatic rings. The molecule has 0 unspecified atom stereocenters. The monoisotopic (exact) mass is 341 g/mol. The maximum Gasteiger partial charge on any atom is 0.224 e. The lowest BCUT2D eigenvalue weighted by Gasteiger charge is -2.21. The standard InChI is InChI=1S/C19H20ClN3O/c1-2-22(14-15-7-4-3-5-8-15)19(24)11-12-23-18-10-6-9-17(20)16(18)13-21-23/h3-10,13H,2,11-12,14H2,1H3. The number of carbonyl (C=O) groups is 1. The molecule has 4 nitrogen and oxygen atoms in total. The number of aromatic nitrogens is 2. The van der Waals surface area contributed by atoms with Crippen molar-refractivity contribution >= 4 is 28.4 Å². The molecule has 24 heavy (non-hydrogen) atoms. The van der Waals surface area contributed by atoms with E-state index >= 15 is 0 Å². The number of amides is 1. The Morgan fingerprint density at radius 1 is 1.17 bits per heavy atom. The molecule has 0 spiro atoms. The minimum absolute atomic E-state index is 0.132. The lowest BCUT2D eigenvalue weighted by molar-refractivity contribution is -0.131. The zero-order chi connectivity index (χ0) is 16.9. The molecule has 1 heterocycles. The first kappa shape index (κ1) is 16.5. The van der Waals surface area contributed by atoms with Gasteiger partial charge in [0.1, 0.15) is 0 Å². The summed E-state index contributed by atoms with van der Waals surface area (Å²) in [5.41, 5.74) is 2.10. The zero-order valence-electron chi connectivity index (χ0n) is 13.7. The van der Waals surface area contributed by atoms with Crippen molar-refractivity contribution in [3.8, 4) is 0 Å². The molecule has 0 fully saturated rings. The van der Waals surface area contributed by atoms with Gasteiger partial charge in [0.05, 0.1) is 23.3 Å². The second-order valence-corrected chi connectivity index (χ2v) is 6.09. The van der Waals surface area contributed by atoms with Crippen molar-refractivity contribution in [3.05, 3.63) is 65.3 Å². The van der Waals surface area contributed by atoms with Crippen molar-refractivity contribution in [1.82, 2.24) is 14.7 Å². The molecule has 0 aliphatic heterocycles. The Hall–Kier alpha value is -2.33. The SMILES string of the molecule is CCN(Cc1ccccc1)C(=O)CCn1ncc2c(Cl)cccc21. The average Bonchev–Trinajstić information content (AvgIpc) is 3.03. The van der Waals surface area contributed by atoms with Crippen LogP contribution in [0.4, 0.5) is 0 Å². The summed E-state index contributed by atoms with van der Waals surface area (Å²) >= 11 is 6.17. The lowest BCUT2D eigenvalue weighted by Crippen LogP contribution is -2.31. The molecule has 0 saturated carbocycles. The molecule has 2 aromatic carbocycles. The van der Waals surface area contributed by atoms with Gasteiger partial charge in [-0.05, 0) is 24.6 Å². The highest BCUT2D eigenvalue weighted by Crippen LogP contribution is 2.22. The van der Waals surface area contributed by atoms with Gasteiger partial charge in [0.15, 0.2) is 0 Å². The lowest BCUT2D eigenvalue weighted by atomic mass is 10.2. The van der Waals surface area contributed by atoms with Crippen LogP contribution in [0.3, 0.4) is 0 Å². The van der Waals surface area contributed by atoms with Crippen LogP contribution in [0.25, 0.3) is 10.9 Å². The van der Waals surface area contributed by atoms with Crippen molar-refractivity contribution in [2.75, 3.05) is 6.54 Å². The molecule has 0 saturated heterocycles. The summed E-state index contributed by atoms with van der Waals surface area (Å²) in [4.78, 5) is 14.4. The van der Waals surface area contributed by atoms with Gasteiger partial charge in [-0.1, -0.05) is 48.0 Å². The Balaban J connectivity index is 1.66. The van der Waals surface area contributed by atoms with Crippen LogP contribution in [0.5, 0.6) is 0 Å². The second-order valence-electron chi connectivity index (χ2n) is 5.68. The first-order chi connectivity index (χ1) is 11.7. The highest BCUT2D eigenvalue weighted by atomic mass is 35.5. The first-order valence-electron chi connectivity index (χ1n) is 8.10. The van der Waals surface area contributed by atoms with E-state index in [1.54, 1.807) is 6.20 Å². The molecule has 0 aliphatic carbocycles. The van der Waals surface area contributed by atoms with E-state index in [2.05, 4.69) is 5.10 Å². The van der Waals surface area contributed by atoms with Crippen molar-refractivity contribution in [2.24, 2.45) is 0 Å². The zero-order valence-corrected chi connectivity index (χ0v) is 14.4. The summed E-state index contributed by atoms with van der Waals surface area (Å²) in [6, 6.07) is 15.8. The normalized spacial score (nSPS) is 10.9. The number of hydrogen-bond donors (Lipinski definition) is 0. The van der Waals surface area contributed by atoms with E-state index < -0.39 is 0 Å². The van der Waals surface area contributed by atoms with E-state index in [1.807, 2.05) is 65.0 Å². The Morgan fingerprint density at radius 2 is 1.96 bits per heavy atom. The maximum absolute atomic E-state index is 12.5. The second kappa shape index (κ2) is 7.49. The summed E-state index contributed by atoms with van der Waals surface area (Å²) in [5, 5.41) is 5.96. The number of hydrogen-bond acceptors (Lipinski definition) is 2. The minimum atomic E-state index is 0.132. The van der Waals surface area contributed by atoms with Crippen molar-refractivity contribution in [1.29, 1.82) is 0 Å². The Bertz CT molecular complexity index is 829. The topological polar surface area (TPSA) is 38.1 Å². The van der Waals surface area contributed by atoms with Crippen LogP contribution in [0, 0.1) is 0 Å². The van der Waals surface area contributed by atoms with Crippen molar-refractivity contribution < 1.29 is 4.79 Å². The van der Waals surface area contributed by atoms with Crippen molar-refractivity contribution in [2.45, 2.75) is 26.4 Å². The Morgan fingerprint density at radius 3 is 2.71 bits per heavy atom. The van der Waals surface area contributed by atoms with E-state index in [0.29, 0.717) is 31.1 Å². The number of halogens is 1. The van der Waals surface area contributed by atoms with Gasteiger partial charge in [-0.3, -0.25) is 9.48 Å². The quantitative estimate of drug-likeness (QED) is 0.676. The molecule has 0 aliphatic rings. The molecular weight excluding hydrogens is 322 g/mol. The molecule has 5 heteroatoms. The number of nitrogens with zero attached hydrogens (tertiary/aromatic N) is 3. The first-order valence-corrected chi connectivity index (χ1v) is 8.48. The van der Waals surface area contributed by atoms with Crippen LogP contribution >= 0.6 is 11.6 Å². The number of benzene rings is 2. The minimum Gasteiger partial charge on any atom is -0.339 e. The Kier molecular flexibility index (Phi) is 5.16. The molecule has 0 atom stereocenters. The van der Waals surface area contributed by atoms with E-state index in [9.17, 15) is 4.79 Å². The fraction of sp³-hybridized carbons (Fsp3) is 0.263. The van der Waals surface area contributed by atoms with Crippen LogP contribution < -0.4 is 0 Å². The van der Waals surface area contributed by atoms with Crippen LogP contribution in [0.2, 0.25) is 5.02 Å². The van der Waals surface area contributed by atoms with Crippen LogP contribution in [0.15, 0.2) is 54.7 Å². The molecule has 0 N–H and O–H groups in total. The number of aryl methyl sites for hydroxylation is 1. The van der Waals surface area contributed by atoms with Gasteiger partial charge in [0.2, 0.25) is 5.91 Å². The molecule has 1 aromatic heterocycles. The van der Waals surface area contributed by atoms with Crippen molar-refractivity contribution in [3.63, 3.8) is 0 Å². The van der Waals surface area contributed by atoms with Gasteiger partial charge in [-0.15, -0.1) is 0 Å². The molecule has 0 radical (unpaired) electrons. The predicted molar refractivity (Wildman–Crippen MR) is 96.9 cm³/mol. The maximum atomic E-state index is 12.5.